The van der Waals surface area contributed by atoms with Crippen molar-refractivity contribution < 1.29 is 18.9 Å². The van der Waals surface area contributed by atoms with Gasteiger partial charge in [-0.2, -0.15) is 4.57 Å². The van der Waals surface area contributed by atoms with E-state index in [-0.39, 0.29) is 0 Å². The summed E-state index contributed by atoms with van der Waals surface area (Å²) in [4.78, 5) is 0. The SMILES string of the molecule is COc1cc(OC)c(-n2c[n+]([O-])c(C)c2-c2ccccc2)c(OC)c1. The van der Waals surface area contributed by atoms with E-state index in [2.05, 4.69) is 0 Å². The quantitative estimate of drug-likeness (QED) is 0.529. The molecule has 0 bridgehead atoms. The van der Waals surface area contributed by atoms with Gasteiger partial charge in [-0.3, -0.25) is 0 Å². The normalized spacial score (nSPS) is 10.6. The molecule has 0 N–H and O–H groups in total. The average Bonchev–Trinajstić information content (AvgIpc) is 2.95. The van der Waals surface area contributed by atoms with Gasteiger partial charge in [0.15, 0.2) is 22.9 Å². The summed E-state index contributed by atoms with van der Waals surface area (Å²) in [5, 5.41) is 12.3. The molecule has 0 spiro atoms. The molecule has 0 aliphatic heterocycles. The Morgan fingerprint density at radius 3 is 2.04 bits per heavy atom. The Kier molecular flexibility index (Phi) is 4.52. The Balaban J connectivity index is 2.33. The molecule has 0 amide bonds. The molecule has 130 valence electrons. The predicted octanol–water partition coefficient (Wildman–Crippen LogP) is 3.11. The summed E-state index contributed by atoms with van der Waals surface area (Å²) in [6.07, 6.45) is 1.48. The van der Waals surface area contributed by atoms with Gasteiger partial charge in [-0.05, 0) is 0 Å². The molecule has 3 aromatic rings. The lowest BCUT2D eigenvalue weighted by Crippen LogP contribution is -2.26. The fourth-order valence-electron chi connectivity index (χ4n) is 2.87. The smallest absolute Gasteiger partial charge is 0.253 e. The molecular formula is C19H20N2O4. The van der Waals surface area contributed by atoms with Crippen LogP contribution < -0.4 is 18.9 Å². The van der Waals surface area contributed by atoms with Crippen molar-refractivity contribution in [1.29, 1.82) is 0 Å². The molecule has 0 radical (unpaired) electrons. The van der Waals surface area contributed by atoms with Crippen LogP contribution in [0.2, 0.25) is 0 Å². The molecule has 0 unspecified atom stereocenters. The van der Waals surface area contributed by atoms with Gasteiger partial charge in [-0.15, -0.1) is 0 Å². The molecule has 3 rings (SSSR count). The van der Waals surface area contributed by atoms with Gasteiger partial charge in [0.2, 0.25) is 5.69 Å². The minimum atomic E-state index is 0.545. The van der Waals surface area contributed by atoms with Crippen molar-refractivity contribution in [1.82, 2.24) is 4.57 Å². The first-order valence-corrected chi connectivity index (χ1v) is 7.77. The van der Waals surface area contributed by atoms with Gasteiger partial charge in [0, 0.05) is 24.6 Å². The first-order chi connectivity index (χ1) is 12.1. The summed E-state index contributed by atoms with van der Waals surface area (Å²) >= 11 is 0. The van der Waals surface area contributed by atoms with Gasteiger partial charge in [-0.1, -0.05) is 30.3 Å². The van der Waals surface area contributed by atoms with Gasteiger partial charge < -0.3 is 19.4 Å². The largest absolute Gasteiger partial charge is 0.711 e. The molecule has 0 saturated heterocycles. The average molecular weight is 340 g/mol. The van der Waals surface area contributed by atoms with E-state index < -0.39 is 0 Å². The van der Waals surface area contributed by atoms with Crippen LogP contribution in [0.3, 0.4) is 0 Å². The van der Waals surface area contributed by atoms with Crippen LogP contribution in [-0.2, 0) is 0 Å². The second-order valence-corrected chi connectivity index (χ2v) is 5.49. The second kappa shape index (κ2) is 6.76. The van der Waals surface area contributed by atoms with Crippen molar-refractivity contribution >= 4 is 0 Å². The Labute approximate surface area is 146 Å². The molecule has 25 heavy (non-hydrogen) atoms. The van der Waals surface area contributed by atoms with Crippen LogP contribution in [0.1, 0.15) is 5.69 Å². The summed E-state index contributed by atoms with van der Waals surface area (Å²) < 4.78 is 19.0. The molecule has 0 saturated carbocycles. The van der Waals surface area contributed by atoms with Crippen molar-refractivity contribution in [2.24, 2.45) is 0 Å². The fraction of sp³-hybridized carbons (Fsp3) is 0.211. The number of nitrogens with zero attached hydrogens (tertiary/aromatic N) is 2. The molecule has 6 nitrogen and oxygen atoms in total. The summed E-state index contributed by atoms with van der Waals surface area (Å²) in [5.41, 5.74) is 2.93. The van der Waals surface area contributed by atoms with Gasteiger partial charge in [0.05, 0.1) is 21.3 Å². The number of hydrogen-bond acceptors (Lipinski definition) is 4. The van der Waals surface area contributed by atoms with E-state index >= 15 is 0 Å². The monoisotopic (exact) mass is 340 g/mol. The van der Waals surface area contributed by atoms with E-state index in [0.717, 1.165) is 16.0 Å². The number of methoxy groups -OCH3 is 3. The maximum absolute atomic E-state index is 12.3. The summed E-state index contributed by atoms with van der Waals surface area (Å²) in [5.74, 6) is 1.70. The summed E-state index contributed by atoms with van der Waals surface area (Å²) in [6.45, 7) is 1.79. The third kappa shape index (κ3) is 2.87. The van der Waals surface area contributed by atoms with Crippen molar-refractivity contribution in [3.8, 4) is 34.2 Å². The minimum absolute atomic E-state index is 0.545. The van der Waals surface area contributed by atoms with Gasteiger partial charge in [-0.25, -0.2) is 4.73 Å². The molecule has 0 aliphatic carbocycles. The molecular weight excluding hydrogens is 320 g/mol. The van der Waals surface area contributed by atoms with Crippen molar-refractivity contribution in [2.45, 2.75) is 6.92 Å². The fourth-order valence-corrected chi connectivity index (χ4v) is 2.87. The lowest BCUT2D eigenvalue weighted by molar-refractivity contribution is -0.610. The zero-order valence-corrected chi connectivity index (χ0v) is 14.6. The Morgan fingerprint density at radius 1 is 0.920 bits per heavy atom. The second-order valence-electron chi connectivity index (χ2n) is 5.49. The molecule has 6 heteroatoms. The van der Waals surface area contributed by atoms with E-state index in [4.69, 9.17) is 14.2 Å². The van der Waals surface area contributed by atoms with Crippen molar-refractivity contribution in [3.63, 3.8) is 0 Å². The van der Waals surface area contributed by atoms with Crippen LogP contribution in [0.25, 0.3) is 16.9 Å². The van der Waals surface area contributed by atoms with E-state index in [0.29, 0.717) is 28.6 Å². The van der Waals surface area contributed by atoms with E-state index in [1.54, 1.807) is 45.0 Å². The summed E-state index contributed by atoms with van der Waals surface area (Å²) in [6, 6.07) is 13.2. The zero-order valence-electron chi connectivity index (χ0n) is 14.6. The van der Waals surface area contributed by atoms with Gasteiger partial charge in [0.1, 0.15) is 5.75 Å². The van der Waals surface area contributed by atoms with Crippen molar-refractivity contribution in [2.75, 3.05) is 21.3 Å². The molecule has 0 aliphatic rings. The minimum Gasteiger partial charge on any atom is -0.711 e. The highest BCUT2D eigenvalue weighted by Gasteiger charge is 2.27. The molecule has 1 aromatic heterocycles. The standard InChI is InChI=1S/C19H20N2O4/c1-13-18(14-8-6-5-7-9-14)20(12-21(13)22)19-16(24-3)10-15(23-2)11-17(19)25-4/h5-12H,1-4H3. The maximum Gasteiger partial charge on any atom is 0.253 e. The van der Waals surface area contributed by atoms with Gasteiger partial charge >= 0.3 is 0 Å². The highest BCUT2D eigenvalue weighted by Crippen LogP contribution is 2.39. The topological polar surface area (TPSA) is 59.6 Å². The molecule has 1 heterocycles. The zero-order chi connectivity index (χ0) is 18.0. The van der Waals surface area contributed by atoms with Crippen LogP contribution in [0.4, 0.5) is 0 Å². The third-order valence-electron chi connectivity index (χ3n) is 4.11. The highest BCUT2D eigenvalue weighted by molar-refractivity contribution is 5.69. The number of hydrogen-bond donors (Lipinski definition) is 0. The Morgan fingerprint density at radius 2 is 1.52 bits per heavy atom. The first kappa shape index (κ1) is 16.7. The number of rotatable bonds is 5. The lowest BCUT2D eigenvalue weighted by Gasteiger charge is -2.13. The number of ether oxygens (including phenoxy) is 3. The predicted molar refractivity (Wildman–Crippen MR) is 94.6 cm³/mol. The van der Waals surface area contributed by atoms with Crippen LogP contribution in [0.5, 0.6) is 17.2 Å². The van der Waals surface area contributed by atoms with Crippen LogP contribution >= 0.6 is 0 Å². The number of benzene rings is 2. The lowest BCUT2D eigenvalue weighted by atomic mass is 10.1. The molecule has 2 aromatic carbocycles. The van der Waals surface area contributed by atoms with Gasteiger partial charge in [0.25, 0.3) is 6.33 Å². The molecule has 0 fully saturated rings. The molecule has 0 atom stereocenters. The van der Waals surface area contributed by atoms with Crippen LogP contribution in [-0.4, -0.2) is 25.9 Å². The maximum atomic E-state index is 12.3. The third-order valence-corrected chi connectivity index (χ3v) is 4.11. The van der Waals surface area contributed by atoms with Crippen LogP contribution in [0, 0.1) is 12.1 Å². The Bertz CT molecular complexity index is 863. The summed E-state index contributed by atoms with van der Waals surface area (Å²) in [7, 11) is 4.72. The highest BCUT2D eigenvalue weighted by atomic mass is 16.5. The van der Waals surface area contributed by atoms with Crippen LogP contribution in [0.15, 0.2) is 48.8 Å². The van der Waals surface area contributed by atoms with E-state index in [1.807, 2.05) is 30.3 Å². The number of imidazole rings is 1. The van der Waals surface area contributed by atoms with E-state index in [1.165, 1.54) is 6.33 Å². The van der Waals surface area contributed by atoms with E-state index in [9.17, 15) is 5.21 Å². The van der Waals surface area contributed by atoms with Crippen molar-refractivity contribution in [3.05, 3.63) is 59.7 Å². The first-order valence-electron chi connectivity index (χ1n) is 7.77. The number of aromatic nitrogens is 2. The Hall–Kier alpha value is -3.15.